The molecule has 150 valence electrons. The van der Waals surface area contributed by atoms with Crippen molar-refractivity contribution < 1.29 is 19.0 Å². The number of ether oxygens (including phenoxy) is 3. The summed E-state index contributed by atoms with van der Waals surface area (Å²) >= 11 is 0. The minimum atomic E-state index is -0.185. The summed E-state index contributed by atoms with van der Waals surface area (Å²) in [4.78, 5) is 12.5. The number of carbonyl (C=O) groups is 1. The summed E-state index contributed by atoms with van der Waals surface area (Å²) in [7, 11) is 1.62. The second-order valence-electron chi connectivity index (χ2n) is 6.43. The van der Waals surface area contributed by atoms with Crippen LogP contribution in [0.5, 0.6) is 11.5 Å². The van der Waals surface area contributed by atoms with Crippen LogP contribution >= 0.6 is 0 Å². The fourth-order valence-electron chi connectivity index (χ4n) is 2.74. The first-order chi connectivity index (χ1) is 14.2. The van der Waals surface area contributed by atoms with Crippen LogP contribution < -0.4 is 14.8 Å². The van der Waals surface area contributed by atoms with Crippen molar-refractivity contribution in [3.8, 4) is 11.5 Å². The van der Waals surface area contributed by atoms with Crippen LogP contribution in [-0.2, 0) is 11.2 Å². The highest BCUT2D eigenvalue weighted by atomic mass is 16.5. The van der Waals surface area contributed by atoms with Gasteiger partial charge in [-0.15, -0.1) is 0 Å². The van der Waals surface area contributed by atoms with E-state index in [2.05, 4.69) is 17.4 Å². The van der Waals surface area contributed by atoms with Gasteiger partial charge in [0.15, 0.2) is 0 Å². The Kier molecular flexibility index (Phi) is 7.66. The molecule has 0 aromatic heterocycles. The van der Waals surface area contributed by atoms with Crippen molar-refractivity contribution in [2.75, 3.05) is 32.2 Å². The van der Waals surface area contributed by atoms with E-state index < -0.39 is 0 Å². The van der Waals surface area contributed by atoms with Crippen LogP contribution in [0.1, 0.15) is 15.9 Å². The summed E-state index contributed by atoms with van der Waals surface area (Å²) in [6.07, 6.45) is 0.839. The van der Waals surface area contributed by atoms with Crippen LogP contribution in [-0.4, -0.2) is 32.8 Å². The predicted molar refractivity (Wildman–Crippen MR) is 114 cm³/mol. The summed E-state index contributed by atoms with van der Waals surface area (Å²) in [6, 6.07) is 24.6. The summed E-state index contributed by atoms with van der Waals surface area (Å²) in [6.45, 7) is 1.56. The zero-order chi connectivity index (χ0) is 20.3. The Balaban J connectivity index is 1.50. The number of nitrogens with one attached hydrogen (secondary N) is 1. The molecule has 0 bridgehead atoms. The zero-order valence-corrected chi connectivity index (χ0v) is 16.5. The SMILES string of the molecule is COCCOc1cccc(NC(=O)c2ccc(OCCc3ccccc3)cc2)c1. The molecule has 0 spiro atoms. The van der Waals surface area contributed by atoms with Crippen LogP contribution in [0, 0.1) is 0 Å². The molecule has 0 aliphatic heterocycles. The molecular formula is C24H25NO4. The molecule has 0 unspecified atom stereocenters. The fourth-order valence-corrected chi connectivity index (χ4v) is 2.74. The molecular weight excluding hydrogens is 366 g/mol. The second-order valence-corrected chi connectivity index (χ2v) is 6.43. The summed E-state index contributed by atoms with van der Waals surface area (Å²) in [5, 5.41) is 2.88. The van der Waals surface area contributed by atoms with Gasteiger partial charge in [-0.05, 0) is 42.0 Å². The van der Waals surface area contributed by atoms with Gasteiger partial charge in [0, 0.05) is 30.8 Å². The first kappa shape index (κ1) is 20.4. The molecule has 5 nitrogen and oxygen atoms in total. The number of hydrogen-bond acceptors (Lipinski definition) is 4. The van der Waals surface area contributed by atoms with Gasteiger partial charge in [0.1, 0.15) is 18.1 Å². The molecule has 0 fully saturated rings. The zero-order valence-electron chi connectivity index (χ0n) is 16.5. The molecule has 3 rings (SSSR count). The number of rotatable bonds is 10. The first-order valence-electron chi connectivity index (χ1n) is 9.54. The highest BCUT2D eigenvalue weighted by Crippen LogP contribution is 2.19. The van der Waals surface area contributed by atoms with E-state index in [0.717, 1.165) is 12.2 Å². The number of hydrogen-bond donors (Lipinski definition) is 1. The van der Waals surface area contributed by atoms with E-state index in [9.17, 15) is 4.79 Å². The third-order valence-corrected chi connectivity index (χ3v) is 4.27. The van der Waals surface area contributed by atoms with Gasteiger partial charge in [0.25, 0.3) is 5.91 Å². The van der Waals surface area contributed by atoms with Crippen molar-refractivity contribution in [2.24, 2.45) is 0 Å². The lowest BCUT2D eigenvalue weighted by Crippen LogP contribution is -2.12. The van der Waals surface area contributed by atoms with Crippen LogP contribution in [0.25, 0.3) is 0 Å². The summed E-state index contributed by atoms with van der Waals surface area (Å²) < 4.78 is 16.3. The van der Waals surface area contributed by atoms with Gasteiger partial charge in [0.2, 0.25) is 0 Å². The molecule has 0 atom stereocenters. The largest absolute Gasteiger partial charge is 0.493 e. The lowest BCUT2D eigenvalue weighted by molar-refractivity contribution is 0.102. The maximum absolute atomic E-state index is 12.5. The third-order valence-electron chi connectivity index (χ3n) is 4.27. The molecule has 1 amide bonds. The number of methoxy groups -OCH3 is 1. The Bertz CT molecular complexity index is 894. The molecule has 3 aromatic rings. The quantitative estimate of drug-likeness (QED) is 0.514. The lowest BCUT2D eigenvalue weighted by Gasteiger charge is -2.10. The molecule has 29 heavy (non-hydrogen) atoms. The molecule has 1 N–H and O–H groups in total. The first-order valence-corrected chi connectivity index (χ1v) is 9.54. The molecule has 0 radical (unpaired) electrons. The monoisotopic (exact) mass is 391 g/mol. The smallest absolute Gasteiger partial charge is 0.255 e. The van der Waals surface area contributed by atoms with Gasteiger partial charge in [-0.3, -0.25) is 4.79 Å². The Hall–Kier alpha value is -3.31. The van der Waals surface area contributed by atoms with Crippen LogP contribution in [0.15, 0.2) is 78.9 Å². The number of benzene rings is 3. The Morgan fingerprint density at radius 3 is 2.31 bits per heavy atom. The van der Waals surface area contributed by atoms with Crippen LogP contribution in [0.2, 0.25) is 0 Å². The van der Waals surface area contributed by atoms with Gasteiger partial charge >= 0.3 is 0 Å². The van der Waals surface area contributed by atoms with E-state index in [1.54, 1.807) is 25.3 Å². The minimum Gasteiger partial charge on any atom is -0.493 e. The van der Waals surface area contributed by atoms with Crippen molar-refractivity contribution in [3.63, 3.8) is 0 Å². The van der Waals surface area contributed by atoms with Crippen molar-refractivity contribution in [2.45, 2.75) is 6.42 Å². The highest BCUT2D eigenvalue weighted by Gasteiger charge is 2.07. The van der Waals surface area contributed by atoms with E-state index in [4.69, 9.17) is 14.2 Å². The van der Waals surface area contributed by atoms with Gasteiger partial charge in [0.05, 0.1) is 13.2 Å². The molecule has 0 saturated heterocycles. The van der Waals surface area contributed by atoms with Crippen molar-refractivity contribution in [1.29, 1.82) is 0 Å². The van der Waals surface area contributed by atoms with Crippen molar-refractivity contribution >= 4 is 11.6 Å². The standard InChI is InChI=1S/C24H25NO4/c1-27-16-17-29-23-9-5-8-21(18-23)25-24(26)20-10-12-22(13-11-20)28-15-14-19-6-3-2-4-7-19/h2-13,18H,14-17H2,1H3,(H,25,26). The molecule has 0 aliphatic rings. The van der Waals surface area contributed by atoms with E-state index in [-0.39, 0.29) is 5.91 Å². The summed E-state index contributed by atoms with van der Waals surface area (Å²) in [5.74, 6) is 1.24. The maximum Gasteiger partial charge on any atom is 0.255 e. The lowest BCUT2D eigenvalue weighted by atomic mass is 10.1. The van der Waals surface area contributed by atoms with Gasteiger partial charge in [-0.25, -0.2) is 0 Å². The van der Waals surface area contributed by atoms with Crippen LogP contribution in [0.3, 0.4) is 0 Å². The molecule has 5 heteroatoms. The average molecular weight is 391 g/mol. The Labute approximate surface area is 171 Å². The molecule has 3 aromatic carbocycles. The second kappa shape index (κ2) is 10.9. The number of amides is 1. The normalized spacial score (nSPS) is 10.4. The highest BCUT2D eigenvalue weighted by molar-refractivity contribution is 6.04. The third kappa shape index (κ3) is 6.66. The predicted octanol–water partition coefficient (Wildman–Crippen LogP) is 4.59. The van der Waals surface area contributed by atoms with Gasteiger partial charge < -0.3 is 19.5 Å². The molecule has 0 saturated carbocycles. The fraction of sp³-hybridized carbons (Fsp3) is 0.208. The average Bonchev–Trinajstić information content (AvgIpc) is 2.75. The number of anilines is 1. The minimum absolute atomic E-state index is 0.185. The summed E-state index contributed by atoms with van der Waals surface area (Å²) in [5.41, 5.74) is 2.47. The van der Waals surface area contributed by atoms with E-state index in [1.165, 1.54) is 5.56 Å². The van der Waals surface area contributed by atoms with E-state index >= 15 is 0 Å². The van der Waals surface area contributed by atoms with Crippen molar-refractivity contribution in [3.05, 3.63) is 90.0 Å². The van der Waals surface area contributed by atoms with Crippen molar-refractivity contribution in [1.82, 2.24) is 0 Å². The number of carbonyl (C=O) groups excluding carboxylic acids is 1. The maximum atomic E-state index is 12.5. The molecule has 0 heterocycles. The van der Waals surface area contributed by atoms with Crippen LogP contribution in [0.4, 0.5) is 5.69 Å². The Morgan fingerprint density at radius 2 is 1.55 bits per heavy atom. The Morgan fingerprint density at radius 1 is 0.793 bits per heavy atom. The van der Waals surface area contributed by atoms with E-state index in [0.29, 0.717) is 36.8 Å². The van der Waals surface area contributed by atoms with Gasteiger partial charge in [-0.2, -0.15) is 0 Å². The van der Waals surface area contributed by atoms with E-state index in [1.807, 2.05) is 48.5 Å². The topological polar surface area (TPSA) is 56.8 Å². The van der Waals surface area contributed by atoms with Gasteiger partial charge in [-0.1, -0.05) is 36.4 Å². The molecule has 0 aliphatic carbocycles.